The minimum atomic E-state index is -0.299. The molecule has 0 aliphatic carbocycles. The molecule has 0 spiro atoms. The average molecular weight is 245 g/mol. The molecule has 13 heavy (non-hydrogen) atoms. The van der Waals surface area contributed by atoms with Gasteiger partial charge in [0.1, 0.15) is 4.60 Å². The smallest absolute Gasteiger partial charge is 0.155 e. The van der Waals surface area contributed by atoms with E-state index in [0.717, 1.165) is 25.3 Å². The first-order chi connectivity index (χ1) is 6.25. The molecule has 1 aromatic rings. The van der Waals surface area contributed by atoms with Crippen molar-refractivity contribution in [2.75, 3.05) is 13.1 Å². The van der Waals surface area contributed by atoms with Gasteiger partial charge in [-0.3, -0.25) is 4.90 Å². The zero-order valence-electron chi connectivity index (χ0n) is 7.13. The van der Waals surface area contributed by atoms with E-state index in [-0.39, 0.29) is 5.82 Å². The van der Waals surface area contributed by atoms with E-state index in [4.69, 9.17) is 0 Å². The van der Waals surface area contributed by atoms with Crippen LogP contribution in [0.1, 0.15) is 12.1 Å². The normalized spacial score (nSPS) is 17.1. The molecule has 1 aliphatic rings. The van der Waals surface area contributed by atoms with Crippen LogP contribution >= 0.6 is 15.9 Å². The molecule has 1 saturated heterocycles. The Morgan fingerprint density at radius 2 is 2.23 bits per heavy atom. The minimum Gasteiger partial charge on any atom is -0.297 e. The lowest BCUT2D eigenvalue weighted by atomic mass is 10.2. The van der Waals surface area contributed by atoms with Crippen molar-refractivity contribution in [3.63, 3.8) is 0 Å². The quantitative estimate of drug-likeness (QED) is 0.742. The van der Waals surface area contributed by atoms with E-state index in [9.17, 15) is 4.39 Å². The third-order valence-corrected chi connectivity index (χ3v) is 2.75. The maximum atomic E-state index is 12.8. The van der Waals surface area contributed by atoms with E-state index in [0.29, 0.717) is 4.60 Å². The average Bonchev–Trinajstić information content (AvgIpc) is 2.04. The van der Waals surface area contributed by atoms with Crippen molar-refractivity contribution in [3.8, 4) is 0 Å². The molecule has 2 rings (SSSR count). The number of nitrogens with zero attached hydrogens (tertiary/aromatic N) is 2. The fraction of sp³-hybridized carbons (Fsp3) is 0.444. The van der Waals surface area contributed by atoms with Crippen molar-refractivity contribution in [3.05, 3.63) is 28.2 Å². The summed E-state index contributed by atoms with van der Waals surface area (Å²) in [5.41, 5.74) is 0.924. The Labute approximate surface area is 84.9 Å². The monoisotopic (exact) mass is 244 g/mol. The Kier molecular flexibility index (Phi) is 2.60. The fourth-order valence-electron chi connectivity index (χ4n) is 1.31. The van der Waals surface area contributed by atoms with Crippen LogP contribution < -0.4 is 0 Å². The second-order valence-electron chi connectivity index (χ2n) is 3.20. The zero-order valence-corrected chi connectivity index (χ0v) is 8.72. The number of aromatic nitrogens is 1. The Hall–Kier alpha value is -0.480. The zero-order chi connectivity index (χ0) is 9.26. The summed E-state index contributed by atoms with van der Waals surface area (Å²) >= 11 is 3.07. The lowest BCUT2D eigenvalue weighted by Crippen LogP contribution is -2.36. The molecule has 0 amide bonds. The first-order valence-corrected chi connectivity index (χ1v) is 5.08. The van der Waals surface area contributed by atoms with Crippen LogP contribution in [0.2, 0.25) is 0 Å². The summed E-state index contributed by atoms with van der Waals surface area (Å²) in [4.78, 5) is 6.38. The van der Waals surface area contributed by atoms with Crippen LogP contribution in [-0.2, 0) is 6.54 Å². The van der Waals surface area contributed by atoms with Crippen molar-refractivity contribution >= 4 is 15.9 Å². The molecule has 4 heteroatoms. The van der Waals surface area contributed by atoms with E-state index in [1.807, 2.05) is 0 Å². The van der Waals surface area contributed by atoms with E-state index < -0.39 is 0 Å². The predicted octanol–water partition coefficient (Wildman–Crippen LogP) is 2.19. The molecule has 0 bridgehead atoms. The van der Waals surface area contributed by atoms with Crippen molar-refractivity contribution < 1.29 is 4.39 Å². The van der Waals surface area contributed by atoms with Gasteiger partial charge in [0.15, 0.2) is 5.82 Å². The number of rotatable bonds is 2. The fourth-order valence-corrected chi connectivity index (χ4v) is 1.67. The molecule has 2 nitrogen and oxygen atoms in total. The molecule has 0 unspecified atom stereocenters. The highest BCUT2D eigenvalue weighted by atomic mass is 79.9. The summed E-state index contributed by atoms with van der Waals surface area (Å²) in [6.45, 7) is 3.10. The highest BCUT2D eigenvalue weighted by Crippen LogP contribution is 2.15. The van der Waals surface area contributed by atoms with Crippen LogP contribution in [0.15, 0.2) is 16.7 Å². The van der Waals surface area contributed by atoms with Crippen molar-refractivity contribution in [1.29, 1.82) is 0 Å². The lowest BCUT2D eigenvalue weighted by Gasteiger charge is -2.30. The summed E-state index contributed by atoms with van der Waals surface area (Å²) in [5.74, 6) is -0.299. The Morgan fingerprint density at radius 3 is 2.77 bits per heavy atom. The number of pyridine rings is 1. The van der Waals surface area contributed by atoms with Crippen LogP contribution in [-0.4, -0.2) is 23.0 Å². The molecule has 0 radical (unpaired) electrons. The van der Waals surface area contributed by atoms with Crippen LogP contribution in [0, 0.1) is 5.82 Å². The van der Waals surface area contributed by atoms with Crippen LogP contribution in [0.4, 0.5) is 4.39 Å². The summed E-state index contributed by atoms with van der Waals surface area (Å²) in [5, 5.41) is 0. The van der Waals surface area contributed by atoms with Gasteiger partial charge in [-0.25, -0.2) is 9.37 Å². The molecule has 2 heterocycles. The SMILES string of the molecule is Fc1ccc(CN2CCC2)nc1Br. The number of hydrogen-bond donors (Lipinski definition) is 0. The predicted molar refractivity (Wildman–Crippen MR) is 51.8 cm³/mol. The van der Waals surface area contributed by atoms with Gasteiger partial charge in [0.05, 0.1) is 5.69 Å². The molecule has 1 aliphatic heterocycles. The molecule has 0 saturated carbocycles. The van der Waals surface area contributed by atoms with E-state index in [2.05, 4.69) is 25.8 Å². The second kappa shape index (κ2) is 3.72. The van der Waals surface area contributed by atoms with Gasteiger partial charge in [0, 0.05) is 6.54 Å². The van der Waals surface area contributed by atoms with Crippen LogP contribution in [0.3, 0.4) is 0 Å². The van der Waals surface area contributed by atoms with E-state index in [1.54, 1.807) is 6.07 Å². The molecular formula is C9H10BrFN2. The first-order valence-electron chi connectivity index (χ1n) is 4.29. The number of halogens is 2. The minimum absolute atomic E-state index is 0.299. The third-order valence-electron chi connectivity index (χ3n) is 2.20. The van der Waals surface area contributed by atoms with E-state index >= 15 is 0 Å². The molecule has 0 aromatic carbocycles. The largest absolute Gasteiger partial charge is 0.297 e. The molecule has 0 N–H and O–H groups in total. The second-order valence-corrected chi connectivity index (χ2v) is 3.96. The van der Waals surface area contributed by atoms with Gasteiger partial charge in [-0.15, -0.1) is 0 Å². The summed E-state index contributed by atoms with van der Waals surface area (Å²) in [7, 11) is 0. The standard InChI is InChI=1S/C9H10BrFN2/c10-9-8(11)3-2-7(12-9)6-13-4-1-5-13/h2-3H,1,4-6H2. The highest BCUT2D eigenvalue weighted by molar-refractivity contribution is 9.10. The topological polar surface area (TPSA) is 16.1 Å². The summed E-state index contributed by atoms with van der Waals surface area (Å²) < 4.78 is 13.1. The van der Waals surface area contributed by atoms with Crippen molar-refractivity contribution in [2.24, 2.45) is 0 Å². The first kappa shape index (κ1) is 9.09. The van der Waals surface area contributed by atoms with Gasteiger partial charge in [-0.05, 0) is 47.6 Å². The van der Waals surface area contributed by atoms with Gasteiger partial charge < -0.3 is 0 Å². The highest BCUT2D eigenvalue weighted by Gasteiger charge is 2.14. The Morgan fingerprint density at radius 1 is 1.46 bits per heavy atom. The van der Waals surface area contributed by atoms with E-state index in [1.165, 1.54) is 12.5 Å². The maximum Gasteiger partial charge on any atom is 0.155 e. The third kappa shape index (κ3) is 2.06. The Balaban J connectivity index is 2.07. The molecule has 1 aromatic heterocycles. The summed E-state index contributed by atoms with van der Waals surface area (Å²) in [6.07, 6.45) is 1.27. The van der Waals surface area contributed by atoms with Crippen molar-refractivity contribution in [2.45, 2.75) is 13.0 Å². The van der Waals surface area contributed by atoms with Gasteiger partial charge in [-0.1, -0.05) is 0 Å². The molecule has 0 atom stereocenters. The van der Waals surface area contributed by atoms with Gasteiger partial charge in [0.25, 0.3) is 0 Å². The summed E-state index contributed by atoms with van der Waals surface area (Å²) in [6, 6.07) is 3.19. The Bertz CT molecular complexity index is 312. The van der Waals surface area contributed by atoms with Crippen molar-refractivity contribution in [1.82, 2.24) is 9.88 Å². The molecule has 1 fully saturated rings. The maximum absolute atomic E-state index is 12.8. The molecular weight excluding hydrogens is 235 g/mol. The van der Waals surface area contributed by atoms with Crippen LogP contribution in [0.5, 0.6) is 0 Å². The van der Waals surface area contributed by atoms with Gasteiger partial charge >= 0.3 is 0 Å². The van der Waals surface area contributed by atoms with Crippen LogP contribution in [0.25, 0.3) is 0 Å². The molecule has 70 valence electrons. The number of likely N-dealkylation sites (tertiary alicyclic amines) is 1. The van der Waals surface area contributed by atoms with Gasteiger partial charge in [-0.2, -0.15) is 0 Å². The van der Waals surface area contributed by atoms with Gasteiger partial charge in [0.2, 0.25) is 0 Å². The lowest BCUT2D eigenvalue weighted by molar-refractivity contribution is 0.170. The number of hydrogen-bond acceptors (Lipinski definition) is 2.